The first-order chi connectivity index (χ1) is 18.1. The van der Waals surface area contributed by atoms with Gasteiger partial charge in [-0.25, -0.2) is 0 Å². The van der Waals surface area contributed by atoms with E-state index in [9.17, 15) is 18.3 Å². The van der Waals surface area contributed by atoms with Crippen LogP contribution in [0.2, 0.25) is 10.0 Å². The maximum atomic E-state index is 13.1. The Kier molecular flexibility index (Phi) is 7.01. The second-order valence-corrected chi connectivity index (χ2v) is 9.64. The van der Waals surface area contributed by atoms with Crippen molar-refractivity contribution < 1.29 is 18.3 Å². The van der Waals surface area contributed by atoms with Gasteiger partial charge in [0.05, 0.1) is 23.0 Å². The van der Waals surface area contributed by atoms with Gasteiger partial charge >= 0.3 is 6.18 Å². The monoisotopic (exact) mass is 553 g/mol. The fraction of sp³-hybridized carbons (Fsp3) is 0.103. The molecule has 0 unspecified atom stereocenters. The first-order valence-corrected chi connectivity index (χ1v) is 12.3. The second kappa shape index (κ2) is 10.3. The zero-order valence-electron chi connectivity index (χ0n) is 19.7. The molecule has 38 heavy (non-hydrogen) atoms. The standard InChI is InChI=1S/C29H20Cl2F3N3O/c30-23-9-4-19(5-10-23)28(38,20-6-11-24(31)12-7-20)21-8-13-26-25(15-21)27(17-36-37-26)35-16-18-2-1-3-22(14-18)29(32,33)34/h1-15,17,38H,16H2,(H,35,37). The number of hydrogen-bond acceptors (Lipinski definition) is 4. The molecule has 192 valence electrons. The highest BCUT2D eigenvalue weighted by Gasteiger charge is 2.34. The van der Waals surface area contributed by atoms with Crippen LogP contribution in [0.25, 0.3) is 10.9 Å². The molecule has 0 saturated heterocycles. The van der Waals surface area contributed by atoms with Crippen LogP contribution in [0.1, 0.15) is 27.8 Å². The van der Waals surface area contributed by atoms with Gasteiger partial charge < -0.3 is 10.4 Å². The first kappa shape index (κ1) is 26.0. The van der Waals surface area contributed by atoms with E-state index in [1.165, 1.54) is 12.3 Å². The van der Waals surface area contributed by atoms with E-state index in [2.05, 4.69) is 15.5 Å². The Bertz CT molecular complexity index is 1540. The maximum absolute atomic E-state index is 13.1. The van der Waals surface area contributed by atoms with Crippen molar-refractivity contribution in [3.05, 3.63) is 135 Å². The summed E-state index contributed by atoms with van der Waals surface area (Å²) in [7, 11) is 0. The fourth-order valence-corrected chi connectivity index (χ4v) is 4.61. The van der Waals surface area contributed by atoms with Crippen molar-refractivity contribution in [1.29, 1.82) is 0 Å². The number of rotatable bonds is 6. The average molecular weight is 554 g/mol. The van der Waals surface area contributed by atoms with Gasteiger partial charge in [0.25, 0.3) is 0 Å². The Labute approximate surface area is 226 Å². The van der Waals surface area contributed by atoms with Crippen LogP contribution in [-0.2, 0) is 18.3 Å². The fourth-order valence-electron chi connectivity index (χ4n) is 4.36. The topological polar surface area (TPSA) is 58.0 Å². The largest absolute Gasteiger partial charge is 0.416 e. The number of halogens is 5. The molecule has 0 bridgehead atoms. The van der Waals surface area contributed by atoms with E-state index in [0.29, 0.717) is 48.9 Å². The van der Waals surface area contributed by atoms with Crippen LogP contribution in [0, 0.1) is 0 Å². The third kappa shape index (κ3) is 5.18. The Morgan fingerprint density at radius 1 is 0.737 bits per heavy atom. The lowest BCUT2D eigenvalue weighted by molar-refractivity contribution is -0.137. The number of aliphatic hydroxyl groups is 1. The minimum atomic E-state index is -4.43. The number of aromatic nitrogens is 2. The SMILES string of the molecule is OC(c1ccc(Cl)cc1)(c1ccc(Cl)cc1)c1ccc2nncc(NCc3cccc(C(F)(F)F)c3)c2c1. The minimum absolute atomic E-state index is 0.133. The van der Waals surface area contributed by atoms with E-state index in [1.807, 2.05) is 0 Å². The molecule has 4 aromatic carbocycles. The van der Waals surface area contributed by atoms with E-state index in [4.69, 9.17) is 23.2 Å². The summed E-state index contributed by atoms with van der Waals surface area (Å²) in [6, 6.07) is 24.2. The second-order valence-electron chi connectivity index (χ2n) is 8.77. The summed E-state index contributed by atoms with van der Waals surface area (Å²) in [5.74, 6) is 0. The molecular formula is C29H20Cl2F3N3O. The van der Waals surface area contributed by atoms with Crippen LogP contribution in [0.15, 0.2) is 97.2 Å². The molecule has 1 heterocycles. The Balaban J connectivity index is 1.57. The lowest BCUT2D eigenvalue weighted by atomic mass is 9.80. The van der Waals surface area contributed by atoms with Gasteiger partial charge in [-0.1, -0.05) is 65.7 Å². The summed E-state index contributed by atoms with van der Waals surface area (Å²) in [4.78, 5) is 0. The van der Waals surface area contributed by atoms with E-state index in [-0.39, 0.29) is 6.54 Å². The van der Waals surface area contributed by atoms with Gasteiger partial charge in [0.15, 0.2) is 0 Å². The molecule has 9 heteroatoms. The number of alkyl halides is 3. The number of nitrogens with zero attached hydrogens (tertiary/aromatic N) is 2. The highest BCUT2D eigenvalue weighted by Crippen LogP contribution is 2.39. The molecule has 0 aliphatic rings. The summed E-state index contributed by atoms with van der Waals surface area (Å²) in [5, 5.41) is 25.3. The molecule has 0 saturated carbocycles. The van der Waals surface area contributed by atoms with Crippen molar-refractivity contribution in [2.75, 3.05) is 5.32 Å². The Hall–Kier alpha value is -3.65. The van der Waals surface area contributed by atoms with Crippen LogP contribution in [-0.4, -0.2) is 15.3 Å². The normalized spacial score (nSPS) is 12.1. The average Bonchev–Trinajstić information content (AvgIpc) is 2.91. The summed E-state index contributed by atoms with van der Waals surface area (Å²) in [5.41, 5.74) is 1.01. The van der Waals surface area contributed by atoms with Gasteiger partial charge in [0.2, 0.25) is 0 Å². The maximum Gasteiger partial charge on any atom is 0.416 e. The predicted molar refractivity (Wildman–Crippen MR) is 143 cm³/mol. The number of benzene rings is 4. The summed E-state index contributed by atoms with van der Waals surface area (Å²) >= 11 is 12.2. The van der Waals surface area contributed by atoms with Crippen LogP contribution < -0.4 is 5.32 Å². The molecule has 0 fully saturated rings. The molecule has 5 aromatic rings. The van der Waals surface area contributed by atoms with Gasteiger partial charge in [0, 0.05) is 22.0 Å². The molecule has 4 nitrogen and oxygen atoms in total. The van der Waals surface area contributed by atoms with Crippen molar-refractivity contribution in [2.45, 2.75) is 18.3 Å². The van der Waals surface area contributed by atoms with Crippen LogP contribution in [0.4, 0.5) is 18.9 Å². The first-order valence-electron chi connectivity index (χ1n) is 11.5. The lowest BCUT2D eigenvalue weighted by Gasteiger charge is -2.30. The van der Waals surface area contributed by atoms with E-state index in [0.717, 1.165) is 12.1 Å². The van der Waals surface area contributed by atoms with E-state index in [1.54, 1.807) is 72.8 Å². The van der Waals surface area contributed by atoms with E-state index < -0.39 is 17.3 Å². The van der Waals surface area contributed by atoms with Crippen molar-refractivity contribution in [3.8, 4) is 0 Å². The number of fused-ring (bicyclic) bond motifs is 1. The Morgan fingerprint density at radius 2 is 1.34 bits per heavy atom. The van der Waals surface area contributed by atoms with E-state index >= 15 is 0 Å². The zero-order chi connectivity index (χ0) is 26.9. The van der Waals surface area contributed by atoms with Gasteiger partial charge in [-0.3, -0.25) is 0 Å². The van der Waals surface area contributed by atoms with Crippen molar-refractivity contribution >= 4 is 39.8 Å². The molecular weight excluding hydrogens is 534 g/mol. The molecule has 5 rings (SSSR count). The summed E-state index contributed by atoms with van der Waals surface area (Å²) in [6.45, 7) is 0.133. The summed E-state index contributed by atoms with van der Waals surface area (Å²) < 4.78 is 39.4. The quantitative estimate of drug-likeness (QED) is 0.210. The third-order valence-electron chi connectivity index (χ3n) is 6.32. The highest BCUT2D eigenvalue weighted by atomic mass is 35.5. The van der Waals surface area contributed by atoms with Gasteiger partial charge in [-0.05, 0) is 70.8 Å². The number of anilines is 1. The van der Waals surface area contributed by atoms with Crippen molar-refractivity contribution in [1.82, 2.24) is 10.2 Å². The molecule has 0 spiro atoms. The molecule has 1 aromatic heterocycles. The molecule has 0 atom stereocenters. The minimum Gasteiger partial charge on any atom is -0.379 e. The van der Waals surface area contributed by atoms with Gasteiger partial charge in [-0.15, -0.1) is 0 Å². The molecule has 0 aliphatic carbocycles. The van der Waals surface area contributed by atoms with Crippen LogP contribution in [0.3, 0.4) is 0 Å². The van der Waals surface area contributed by atoms with Crippen molar-refractivity contribution in [2.24, 2.45) is 0 Å². The Morgan fingerprint density at radius 3 is 1.95 bits per heavy atom. The summed E-state index contributed by atoms with van der Waals surface area (Å²) in [6.07, 6.45) is -2.92. The van der Waals surface area contributed by atoms with Crippen LogP contribution >= 0.6 is 23.2 Å². The molecule has 0 aliphatic heterocycles. The third-order valence-corrected chi connectivity index (χ3v) is 6.82. The smallest absolute Gasteiger partial charge is 0.379 e. The molecule has 0 amide bonds. The predicted octanol–water partition coefficient (Wildman–Crippen LogP) is 7.85. The molecule has 2 N–H and O–H groups in total. The number of nitrogens with one attached hydrogen (secondary N) is 1. The molecule has 0 radical (unpaired) electrons. The number of hydrogen-bond donors (Lipinski definition) is 2. The van der Waals surface area contributed by atoms with Gasteiger partial charge in [-0.2, -0.15) is 23.4 Å². The van der Waals surface area contributed by atoms with Crippen molar-refractivity contribution in [3.63, 3.8) is 0 Å². The highest BCUT2D eigenvalue weighted by molar-refractivity contribution is 6.30. The lowest BCUT2D eigenvalue weighted by Crippen LogP contribution is -2.28. The zero-order valence-corrected chi connectivity index (χ0v) is 21.2. The van der Waals surface area contributed by atoms with Crippen LogP contribution in [0.5, 0.6) is 0 Å². The van der Waals surface area contributed by atoms with Gasteiger partial charge in [0.1, 0.15) is 5.60 Å².